The Morgan fingerprint density at radius 3 is 1.28 bits per heavy atom. The maximum absolute atomic E-state index is 12.2. The third-order valence-corrected chi connectivity index (χ3v) is 3.79. The first-order valence-corrected chi connectivity index (χ1v) is 10.1. The summed E-state index contributed by atoms with van der Waals surface area (Å²) >= 11 is 0. The molecule has 178 valence electrons. The number of ether oxygens (including phenoxy) is 2. The Kier molecular flexibility index (Phi) is 28.7. The molecule has 0 aromatic heterocycles. The average Bonchev–Trinajstić information content (AvgIpc) is 2.58. The van der Waals surface area contributed by atoms with Gasteiger partial charge in [0.15, 0.2) is 0 Å². The molecule has 0 saturated carbocycles. The van der Waals surface area contributed by atoms with E-state index in [0.29, 0.717) is 38.1 Å². The maximum Gasteiger partial charge on any atom is 2.00 e. The van der Waals surface area contributed by atoms with Crippen LogP contribution in [0.4, 0.5) is 0 Å². The minimum Gasteiger partial charge on any atom is -1.00 e. The monoisotopic (exact) mass is 637 g/mol. The molecular formula is C20H40Cl2N2O4Pt. The second-order valence-electron chi connectivity index (χ2n) is 7.61. The molecule has 0 aliphatic heterocycles. The van der Waals surface area contributed by atoms with E-state index in [-0.39, 0.29) is 69.9 Å². The summed E-state index contributed by atoms with van der Waals surface area (Å²) in [5, 5.41) is 6.52. The van der Waals surface area contributed by atoms with E-state index in [9.17, 15) is 9.59 Å². The summed E-state index contributed by atoms with van der Waals surface area (Å²) < 4.78 is 10.5. The fraction of sp³-hybridized carbons (Fsp3) is 0.900. The van der Waals surface area contributed by atoms with Crippen LogP contribution in [0.1, 0.15) is 67.2 Å². The minimum absolute atomic E-state index is 0. The van der Waals surface area contributed by atoms with E-state index in [1.165, 1.54) is 0 Å². The van der Waals surface area contributed by atoms with Gasteiger partial charge in [-0.1, -0.05) is 41.5 Å². The van der Waals surface area contributed by atoms with Crippen LogP contribution in [0.15, 0.2) is 0 Å². The normalized spacial score (nSPS) is 12.3. The van der Waals surface area contributed by atoms with E-state index < -0.39 is 0 Å². The number of halogens is 2. The van der Waals surface area contributed by atoms with Crippen LogP contribution in [0, 0.1) is 11.8 Å². The molecule has 29 heavy (non-hydrogen) atoms. The molecule has 0 aromatic rings. The number of rotatable bonds is 15. The number of hydrogen-bond acceptors (Lipinski definition) is 6. The zero-order valence-corrected chi connectivity index (χ0v) is 22.5. The van der Waals surface area contributed by atoms with Gasteiger partial charge in [-0.3, -0.25) is 9.59 Å². The van der Waals surface area contributed by atoms with E-state index in [4.69, 9.17) is 9.47 Å². The molecule has 0 heterocycles. The molecule has 0 spiro atoms. The van der Waals surface area contributed by atoms with Crippen molar-refractivity contribution in [3.8, 4) is 0 Å². The third kappa shape index (κ3) is 19.8. The fourth-order valence-corrected chi connectivity index (χ4v) is 2.57. The van der Waals surface area contributed by atoms with Gasteiger partial charge in [-0.2, -0.15) is 0 Å². The van der Waals surface area contributed by atoms with Gasteiger partial charge in [-0.05, 0) is 37.5 Å². The number of carbonyl (C=O) groups excluding carboxylic acids is 2. The van der Waals surface area contributed by atoms with Crippen molar-refractivity contribution in [3.05, 3.63) is 0 Å². The van der Waals surface area contributed by atoms with Gasteiger partial charge in [0.05, 0.1) is 13.2 Å². The van der Waals surface area contributed by atoms with Gasteiger partial charge in [0.25, 0.3) is 0 Å². The Morgan fingerprint density at radius 2 is 1.03 bits per heavy atom. The van der Waals surface area contributed by atoms with Crippen molar-refractivity contribution in [1.29, 1.82) is 0 Å². The zero-order valence-electron chi connectivity index (χ0n) is 18.7. The SMILES string of the molecule is CCCOC(=O)[C@H](CC(C)C)NCCN[C@@H](CC(C)C)C(=O)OCCC.[Cl-].[Cl-].[Pt+2]. The molecule has 0 rings (SSSR count). The molecule has 2 N–H and O–H groups in total. The molecule has 2 atom stereocenters. The molecular weight excluding hydrogens is 598 g/mol. The summed E-state index contributed by atoms with van der Waals surface area (Å²) in [5.74, 6) is 0.406. The van der Waals surface area contributed by atoms with Crippen LogP contribution in [0.2, 0.25) is 0 Å². The van der Waals surface area contributed by atoms with Crippen molar-refractivity contribution in [1.82, 2.24) is 10.6 Å². The van der Waals surface area contributed by atoms with E-state index in [1.807, 2.05) is 13.8 Å². The van der Waals surface area contributed by atoms with Gasteiger partial charge in [0, 0.05) is 13.1 Å². The smallest absolute Gasteiger partial charge is 1.00 e. The van der Waals surface area contributed by atoms with Crippen molar-refractivity contribution in [3.63, 3.8) is 0 Å². The van der Waals surface area contributed by atoms with E-state index >= 15 is 0 Å². The Labute approximate surface area is 204 Å². The molecule has 6 nitrogen and oxygen atoms in total. The van der Waals surface area contributed by atoms with Crippen molar-refractivity contribution >= 4 is 11.9 Å². The molecule has 0 aliphatic rings. The number of carbonyl (C=O) groups is 2. The Morgan fingerprint density at radius 1 is 0.724 bits per heavy atom. The number of hydrogen-bond donors (Lipinski definition) is 2. The Bertz CT molecular complexity index is 367. The second-order valence-corrected chi connectivity index (χ2v) is 7.61. The predicted octanol–water partition coefficient (Wildman–Crippen LogP) is -3.09. The standard InChI is InChI=1S/C20H40N2O4.2ClH.Pt/c1-7-11-25-19(23)17(13-15(3)4)21-9-10-22-18(14-16(5)6)20(24)26-12-8-2;;;/h15-18,21-22H,7-14H2,1-6H3;2*1H;/q;;;+2/p-2/t17-,18-;;;/m0.../s1. The number of esters is 2. The van der Waals surface area contributed by atoms with E-state index in [2.05, 4.69) is 38.3 Å². The van der Waals surface area contributed by atoms with Crippen LogP contribution >= 0.6 is 0 Å². The summed E-state index contributed by atoms with van der Waals surface area (Å²) in [6, 6.07) is -0.613. The minimum atomic E-state index is -0.307. The maximum atomic E-state index is 12.2. The van der Waals surface area contributed by atoms with Crippen molar-refractivity contribution in [2.24, 2.45) is 11.8 Å². The molecule has 0 fully saturated rings. The van der Waals surface area contributed by atoms with Crippen molar-refractivity contribution in [2.75, 3.05) is 26.3 Å². The van der Waals surface area contributed by atoms with Crippen LogP contribution in [0.3, 0.4) is 0 Å². The zero-order chi connectivity index (χ0) is 19.9. The fourth-order valence-electron chi connectivity index (χ4n) is 2.57. The van der Waals surface area contributed by atoms with Crippen molar-refractivity contribution < 1.29 is 64.9 Å². The first-order chi connectivity index (χ1) is 12.3. The van der Waals surface area contributed by atoms with Gasteiger partial charge in [0.1, 0.15) is 12.1 Å². The quantitative estimate of drug-likeness (QED) is 0.147. The van der Waals surface area contributed by atoms with Crippen LogP contribution in [0.25, 0.3) is 0 Å². The molecule has 0 saturated heterocycles. The molecule has 0 bridgehead atoms. The topological polar surface area (TPSA) is 76.7 Å². The molecule has 0 unspecified atom stereocenters. The van der Waals surface area contributed by atoms with Crippen LogP contribution < -0.4 is 35.4 Å². The largest absolute Gasteiger partial charge is 2.00 e. The van der Waals surface area contributed by atoms with E-state index in [0.717, 1.165) is 25.7 Å². The molecule has 9 heteroatoms. The van der Waals surface area contributed by atoms with Crippen LogP contribution in [-0.2, 0) is 40.1 Å². The molecule has 0 radical (unpaired) electrons. The summed E-state index contributed by atoms with van der Waals surface area (Å²) in [6.07, 6.45) is 3.10. The Hall–Kier alpha value is 0.128. The Balaban J connectivity index is -0.00000104. The van der Waals surface area contributed by atoms with Crippen LogP contribution in [-0.4, -0.2) is 50.3 Å². The number of nitrogens with one attached hydrogen (secondary N) is 2. The predicted molar refractivity (Wildman–Crippen MR) is 105 cm³/mol. The van der Waals surface area contributed by atoms with Gasteiger partial charge in [0.2, 0.25) is 0 Å². The molecule has 0 aliphatic carbocycles. The first kappa shape index (κ1) is 36.5. The average molecular weight is 639 g/mol. The van der Waals surface area contributed by atoms with Gasteiger partial charge < -0.3 is 44.9 Å². The first-order valence-electron chi connectivity index (χ1n) is 10.1. The van der Waals surface area contributed by atoms with Crippen LogP contribution in [0.5, 0.6) is 0 Å². The second kappa shape index (κ2) is 22.8. The van der Waals surface area contributed by atoms with E-state index in [1.54, 1.807) is 0 Å². The molecule has 0 amide bonds. The third-order valence-electron chi connectivity index (χ3n) is 3.79. The van der Waals surface area contributed by atoms with Crippen molar-refractivity contribution in [2.45, 2.75) is 79.3 Å². The summed E-state index contributed by atoms with van der Waals surface area (Å²) in [6.45, 7) is 14.4. The summed E-state index contributed by atoms with van der Waals surface area (Å²) in [7, 11) is 0. The van der Waals surface area contributed by atoms with Gasteiger partial charge in [-0.15, -0.1) is 0 Å². The van der Waals surface area contributed by atoms with Gasteiger partial charge >= 0.3 is 33.0 Å². The summed E-state index contributed by atoms with van der Waals surface area (Å²) in [5.41, 5.74) is 0. The summed E-state index contributed by atoms with van der Waals surface area (Å²) in [4.78, 5) is 24.3. The van der Waals surface area contributed by atoms with Gasteiger partial charge in [-0.25, -0.2) is 0 Å². The molecule has 0 aromatic carbocycles.